The van der Waals surface area contributed by atoms with E-state index in [4.69, 9.17) is 4.55 Å². The monoisotopic (exact) mass is 210 g/mol. The number of ether oxygens (including phenoxy) is 1. The van der Waals surface area contributed by atoms with Crippen molar-refractivity contribution in [2.45, 2.75) is 11.3 Å². The number of hydrogen-bond acceptors (Lipinski definition) is 3. The Labute approximate surface area is 76.5 Å². The maximum Gasteiger partial charge on any atom is 0.573 e. The minimum atomic E-state index is -4.67. The summed E-state index contributed by atoms with van der Waals surface area (Å²) < 4.78 is 47.1. The van der Waals surface area contributed by atoms with E-state index in [1.807, 2.05) is 0 Å². The van der Waals surface area contributed by atoms with Crippen LogP contribution in [0.25, 0.3) is 0 Å². The van der Waals surface area contributed by atoms with Gasteiger partial charge in [-0.25, -0.2) is 0 Å². The van der Waals surface area contributed by atoms with Crippen molar-refractivity contribution < 1.29 is 22.5 Å². The Bertz CT molecular complexity index is 270. The molecule has 0 aliphatic rings. The largest absolute Gasteiger partial charge is 0.573 e. The van der Waals surface area contributed by atoms with Gasteiger partial charge in [-0.3, -0.25) is 0 Å². The van der Waals surface area contributed by atoms with E-state index in [1.165, 1.54) is 12.1 Å². The maximum atomic E-state index is 11.6. The Morgan fingerprint density at radius 3 is 2.08 bits per heavy atom. The lowest BCUT2D eigenvalue weighted by Crippen LogP contribution is -2.16. The van der Waals surface area contributed by atoms with Crippen molar-refractivity contribution in [2.75, 3.05) is 0 Å². The second-order valence-electron chi connectivity index (χ2n) is 2.11. The third-order valence-electron chi connectivity index (χ3n) is 1.16. The summed E-state index contributed by atoms with van der Waals surface area (Å²) >= 11 is 0.459. The molecule has 0 radical (unpaired) electrons. The first-order chi connectivity index (χ1) is 6.01. The Hall–Kier alpha value is -0.880. The van der Waals surface area contributed by atoms with E-state index in [1.54, 1.807) is 0 Å². The fraction of sp³-hybridized carbons (Fsp3) is 0.143. The normalized spacial score (nSPS) is 11.4. The van der Waals surface area contributed by atoms with E-state index in [2.05, 4.69) is 4.74 Å². The Kier molecular flexibility index (Phi) is 3.05. The predicted molar refractivity (Wildman–Crippen MR) is 41.6 cm³/mol. The van der Waals surface area contributed by atoms with Crippen LogP contribution in [0.2, 0.25) is 0 Å². The van der Waals surface area contributed by atoms with Crippen molar-refractivity contribution in [3.05, 3.63) is 24.3 Å². The van der Waals surface area contributed by atoms with Gasteiger partial charge in [0.15, 0.2) is 0 Å². The van der Waals surface area contributed by atoms with Crippen molar-refractivity contribution in [1.29, 1.82) is 0 Å². The van der Waals surface area contributed by atoms with Crippen LogP contribution in [-0.2, 0) is 0 Å². The van der Waals surface area contributed by atoms with E-state index >= 15 is 0 Å². The van der Waals surface area contributed by atoms with Crippen LogP contribution in [0.15, 0.2) is 29.2 Å². The third-order valence-corrected chi connectivity index (χ3v) is 1.65. The van der Waals surface area contributed by atoms with Gasteiger partial charge >= 0.3 is 6.36 Å². The predicted octanol–water partition coefficient (Wildman–Crippen LogP) is 3.15. The average Bonchev–Trinajstić information content (AvgIpc) is 2.03. The van der Waals surface area contributed by atoms with Gasteiger partial charge < -0.3 is 9.29 Å². The van der Waals surface area contributed by atoms with E-state index < -0.39 is 6.36 Å². The molecule has 1 aromatic rings. The van der Waals surface area contributed by atoms with Crippen LogP contribution in [0.5, 0.6) is 5.75 Å². The van der Waals surface area contributed by atoms with E-state index in [9.17, 15) is 13.2 Å². The van der Waals surface area contributed by atoms with Crippen LogP contribution in [0.4, 0.5) is 13.2 Å². The zero-order chi connectivity index (χ0) is 9.90. The molecule has 0 aromatic heterocycles. The van der Waals surface area contributed by atoms with Gasteiger partial charge in [-0.05, 0) is 24.3 Å². The number of rotatable bonds is 2. The van der Waals surface area contributed by atoms with Crippen molar-refractivity contribution in [1.82, 2.24) is 0 Å². The highest BCUT2D eigenvalue weighted by Gasteiger charge is 2.30. The van der Waals surface area contributed by atoms with Crippen LogP contribution in [0.3, 0.4) is 0 Å². The summed E-state index contributed by atoms with van der Waals surface area (Å²) in [6.07, 6.45) is -4.67. The summed E-state index contributed by atoms with van der Waals surface area (Å²) in [6.45, 7) is 0. The molecule has 72 valence electrons. The molecule has 0 unspecified atom stereocenters. The van der Waals surface area contributed by atoms with E-state index in [0.717, 1.165) is 12.1 Å². The lowest BCUT2D eigenvalue weighted by molar-refractivity contribution is -0.274. The Morgan fingerprint density at radius 2 is 1.69 bits per heavy atom. The molecule has 0 saturated heterocycles. The zero-order valence-corrected chi connectivity index (χ0v) is 7.02. The molecule has 0 heterocycles. The summed E-state index contributed by atoms with van der Waals surface area (Å²) in [7, 11) is 0. The molecule has 2 nitrogen and oxygen atoms in total. The van der Waals surface area contributed by atoms with Crippen LogP contribution in [-0.4, -0.2) is 10.9 Å². The van der Waals surface area contributed by atoms with Gasteiger partial charge in [-0.1, -0.05) is 0 Å². The SMILES string of the molecule is OSc1ccc(OC(F)(F)F)cc1. The molecule has 0 saturated carbocycles. The highest BCUT2D eigenvalue weighted by Crippen LogP contribution is 2.24. The molecule has 0 amide bonds. The molecule has 0 bridgehead atoms. The molecule has 0 fully saturated rings. The van der Waals surface area contributed by atoms with Crippen molar-refractivity contribution >= 4 is 12.0 Å². The van der Waals surface area contributed by atoms with Gasteiger partial charge in [0, 0.05) is 16.9 Å². The molecule has 1 aromatic carbocycles. The second-order valence-corrected chi connectivity index (χ2v) is 2.76. The molecular weight excluding hydrogens is 205 g/mol. The lowest BCUT2D eigenvalue weighted by atomic mass is 10.3. The first kappa shape index (κ1) is 10.2. The lowest BCUT2D eigenvalue weighted by Gasteiger charge is -2.08. The molecule has 0 aliphatic heterocycles. The van der Waals surface area contributed by atoms with E-state index in [0.29, 0.717) is 16.9 Å². The third kappa shape index (κ3) is 3.56. The Morgan fingerprint density at radius 1 is 1.15 bits per heavy atom. The molecule has 0 aliphatic carbocycles. The van der Waals surface area contributed by atoms with Crippen LogP contribution < -0.4 is 4.74 Å². The number of hydrogen-bond donors (Lipinski definition) is 1. The zero-order valence-electron chi connectivity index (χ0n) is 6.21. The van der Waals surface area contributed by atoms with Crippen molar-refractivity contribution in [2.24, 2.45) is 0 Å². The molecule has 0 atom stereocenters. The minimum Gasteiger partial charge on any atom is -0.406 e. The fourth-order valence-corrected chi connectivity index (χ4v) is 0.960. The van der Waals surface area contributed by atoms with Crippen LogP contribution >= 0.6 is 12.0 Å². The van der Waals surface area contributed by atoms with Gasteiger partial charge in [-0.2, -0.15) is 0 Å². The van der Waals surface area contributed by atoms with Gasteiger partial charge in [0.1, 0.15) is 5.75 Å². The number of benzene rings is 1. The summed E-state index contributed by atoms with van der Waals surface area (Å²) in [5.41, 5.74) is 0. The van der Waals surface area contributed by atoms with Gasteiger partial charge in [-0.15, -0.1) is 13.2 Å². The van der Waals surface area contributed by atoms with Gasteiger partial charge in [0.25, 0.3) is 0 Å². The summed E-state index contributed by atoms with van der Waals surface area (Å²) in [4.78, 5) is 0.453. The maximum absolute atomic E-state index is 11.6. The fourth-order valence-electron chi connectivity index (χ4n) is 0.702. The van der Waals surface area contributed by atoms with Crippen LogP contribution in [0.1, 0.15) is 0 Å². The molecular formula is C7H5F3O2S. The molecule has 13 heavy (non-hydrogen) atoms. The molecule has 6 heteroatoms. The van der Waals surface area contributed by atoms with Crippen LogP contribution in [0, 0.1) is 0 Å². The van der Waals surface area contributed by atoms with Crippen molar-refractivity contribution in [3.8, 4) is 5.75 Å². The standard InChI is InChI=1S/C7H5F3O2S/c8-7(9,10)12-5-1-3-6(13-11)4-2-5/h1-4,11H. The first-order valence-corrected chi connectivity index (χ1v) is 3.96. The second kappa shape index (κ2) is 3.89. The van der Waals surface area contributed by atoms with Gasteiger partial charge in [0.05, 0.1) is 0 Å². The number of alkyl halides is 3. The summed E-state index contributed by atoms with van der Waals surface area (Å²) in [5, 5.41) is 0. The molecule has 0 spiro atoms. The Balaban J connectivity index is 2.70. The van der Waals surface area contributed by atoms with Gasteiger partial charge in [0.2, 0.25) is 0 Å². The topological polar surface area (TPSA) is 29.5 Å². The molecule has 1 rings (SSSR count). The quantitative estimate of drug-likeness (QED) is 0.760. The average molecular weight is 210 g/mol. The summed E-state index contributed by atoms with van der Waals surface area (Å²) in [6, 6.07) is 4.91. The summed E-state index contributed by atoms with van der Waals surface area (Å²) in [5.74, 6) is -0.301. The highest BCUT2D eigenvalue weighted by atomic mass is 32.2. The smallest absolute Gasteiger partial charge is 0.406 e. The van der Waals surface area contributed by atoms with E-state index in [-0.39, 0.29) is 5.75 Å². The first-order valence-electron chi connectivity index (χ1n) is 3.18. The minimum absolute atomic E-state index is 0.301. The highest BCUT2D eigenvalue weighted by molar-refractivity contribution is 7.93. The molecule has 1 N–H and O–H groups in total. The number of halogens is 3. The van der Waals surface area contributed by atoms with Crippen molar-refractivity contribution in [3.63, 3.8) is 0 Å².